The van der Waals surface area contributed by atoms with Gasteiger partial charge in [0, 0.05) is 23.1 Å². The topological polar surface area (TPSA) is 53.1 Å². The molecular formula is C14H20BrN3. The molecule has 3 N–H and O–H groups in total. The average molecular weight is 310 g/mol. The minimum absolute atomic E-state index is 0.118. The molecule has 0 radical (unpaired) electrons. The van der Waals surface area contributed by atoms with Crippen molar-refractivity contribution in [1.29, 1.82) is 5.41 Å². The molecule has 0 amide bonds. The Labute approximate surface area is 117 Å². The number of hydrogen-bond acceptors (Lipinski definition) is 2. The Morgan fingerprint density at radius 3 is 2.61 bits per heavy atom. The van der Waals surface area contributed by atoms with Gasteiger partial charge in [-0.05, 0) is 52.9 Å². The van der Waals surface area contributed by atoms with Gasteiger partial charge in [0.05, 0.1) is 5.69 Å². The molecule has 3 nitrogen and oxygen atoms in total. The molecule has 0 spiro atoms. The molecule has 0 saturated carbocycles. The minimum atomic E-state index is 0.118. The molecule has 0 aliphatic carbocycles. The molecule has 0 unspecified atom stereocenters. The van der Waals surface area contributed by atoms with E-state index in [9.17, 15) is 0 Å². The monoisotopic (exact) mass is 309 g/mol. The van der Waals surface area contributed by atoms with Crippen molar-refractivity contribution in [3.05, 3.63) is 28.2 Å². The second-order valence-corrected chi connectivity index (χ2v) is 5.77. The summed E-state index contributed by atoms with van der Waals surface area (Å²) in [5.74, 6) is 1.00. The Balaban J connectivity index is 2.12. The second-order valence-electron chi connectivity index (χ2n) is 4.92. The van der Waals surface area contributed by atoms with Crippen molar-refractivity contribution in [3.8, 4) is 0 Å². The number of nitrogens with two attached hydrogens (primary N) is 1. The highest BCUT2D eigenvalue weighted by atomic mass is 79.9. The first-order chi connectivity index (χ1) is 8.61. The van der Waals surface area contributed by atoms with Crippen molar-refractivity contribution in [3.63, 3.8) is 0 Å². The Morgan fingerprint density at radius 2 is 2.11 bits per heavy atom. The van der Waals surface area contributed by atoms with E-state index < -0.39 is 0 Å². The first-order valence-corrected chi connectivity index (χ1v) is 7.30. The Kier molecular flexibility index (Phi) is 4.27. The van der Waals surface area contributed by atoms with Crippen LogP contribution in [0.1, 0.15) is 31.7 Å². The van der Waals surface area contributed by atoms with Crippen molar-refractivity contribution in [2.24, 2.45) is 11.7 Å². The first-order valence-electron chi connectivity index (χ1n) is 6.50. The van der Waals surface area contributed by atoms with Gasteiger partial charge in [0.15, 0.2) is 0 Å². The van der Waals surface area contributed by atoms with Gasteiger partial charge in [-0.2, -0.15) is 0 Å². The van der Waals surface area contributed by atoms with Crippen molar-refractivity contribution >= 4 is 27.5 Å². The standard InChI is InChI=1S/C14H20BrN3/c1-2-10-5-7-18(8-6-10)13-4-3-11(14(16)17)9-12(13)15/h3-4,9-10H,2,5-8H2,1H3,(H3,16,17). The summed E-state index contributed by atoms with van der Waals surface area (Å²) >= 11 is 3.59. The zero-order chi connectivity index (χ0) is 13.1. The summed E-state index contributed by atoms with van der Waals surface area (Å²) in [7, 11) is 0. The lowest BCUT2D eigenvalue weighted by atomic mass is 9.94. The number of hydrogen-bond donors (Lipinski definition) is 2. The number of rotatable bonds is 3. The molecule has 4 heteroatoms. The average Bonchev–Trinajstić information content (AvgIpc) is 2.38. The van der Waals surface area contributed by atoms with E-state index in [1.165, 1.54) is 24.9 Å². The van der Waals surface area contributed by atoms with Crippen LogP contribution in [0.25, 0.3) is 0 Å². The molecule has 18 heavy (non-hydrogen) atoms. The Hall–Kier alpha value is -1.03. The minimum Gasteiger partial charge on any atom is -0.384 e. The summed E-state index contributed by atoms with van der Waals surface area (Å²) < 4.78 is 1.03. The molecule has 1 saturated heterocycles. The molecular weight excluding hydrogens is 290 g/mol. The maximum Gasteiger partial charge on any atom is 0.122 e. The van der Waals surface area contributed by atoms with E-state index >= 15 is 0 Å². The summed E-state index contributed by atoms with van der Waals surface area (Å²) in [6, 6.07) is 5.92. The van der Waals surface area contributed by atoms with Crippen LogP contribution in [0.5, 0.6) is 0 Å². The number of anilines is 1. The maximum absolute atomic E-state index is 7.44. The summed E-state index contributed by atoms with van der Waals surface area (Å²) in [6.07, 6.45) is 3.84. The molecule has 98 valence electrons. The molecule has 0 atom stereocenters. The summed E-state index contributed by atoms with van der Waals surface area (Å²) in [5, 5.41) is 7.44. The first kappa shape index (κ1) is 13.4. The maximum atomic E-state index is 7.44. The van der Waals surface area contributed by atoms with Crippen LogP contribution in [-0.2, 0) is 0 Å². The number of amidine groups is 1. The van der Waals surface area contributed by atoms with E-state index in [1.807, 2.05) is 12.1 Å². The largest absolute Gasteiger partial charge is 0.384 e. The van der Waals surface area contributed by atoms with Crippen molar-refractivity contribution in [2.75, 3.05) is 18.0 Å². The van der Waals surface area contributed by atoms with Crippen LogP contribution in [0, 0.1) is 11.3 Å². The summed E-state index contributed by atoms with van der Waals surface area (Å²) in [5.41, 5.74) is 7.49. The van der Waals surface area contributed by atoms with E-state index in [1.54, 1.807) is 0 Å². The second kappa shape index (κ2) is 5.74. The predicted molar refractivity (Wildman–Crippen MR) is 80.4 cm³/mol. The highest BCUT2D eigenvalue weighted by molar-refractivity contribution is 9.10. The fourth-order valence-electron chi connectivity index (χ4n) is 2.51. The van der Waals surface area contributed by atoms with E-state index in [-0.39, 0.29) is 5.84 Å². The van der Waals surface area contributed by atoms with Gasteiger partial charge < -0.3 is 10.6 Å². The van der Waals surface area contributed by atoms with Crippen LogP contribution in [0.15, 0.2) is 22.7 Å². The van der Waals surface area contributed by atoms with Crippen LogP contribution in [0.3, 0.4) is 0 Å². The van der Waals surface area contributed by atoms with E-state index in [2.05, 4.69) is 33.8 Å². The Morgan fingerprint density at radius 1 is 1.44 bits per heavy atom. The van der Waals surface area contributed by atoms with Gasteiger partial charge in [-0.3, -0.25) is 5.41 Å². The third kappa shape index (κ3) is 2.86. The molecule has 1 aliphatic heterocycles. The number of halogens is 1. The molecule has 0 aromatic heterocycles. The van der Waals surface area contributed by atoms with E-state index in [0.717, 1.165) is 29.0 Å². The highest BCUT2D eigenvalue weighted by Crippen LogP contribution is 2.31. The van der Waals surface area contributed by atoms with Crippen LogP contribution < -0.4 is 10.6 Å². The quantitative estimate of drug-likeness (QED) is 0.664. The van der Waals surface area contributed by atoms with E-state index in [4.69, 9.17) is 11.1 Å². The molecule has 0 bridgehead atoms. The van der Waals surface area contributed by atoms with Crippen LogP contribution in [-0.4, -0.2) is 18.9 Å². The lowest BCUT2D eigenvalue weighted by molar-refractivity contribution is 0.395. The zero-order valence-corrected chi connectivity index (χ0v) is 12.3. The van der Waals surface area contributed by atoms with Gasteiger partial charge in [0.1, 0.15) is 5.84 Å². The number of benzene rings is 1. The summed E-state index contributed by atoms with van der Waals surface area (Å²) in [6.45, 7) is 4.52. The highest BCUT2D eigenvalue weighted by Gasteiger charge is 2.19. The molecule has 1 aliphatic rings. The number of nitrogen functional groups attached to an aromatic ring is 1. The number of nitrogens with zero attached hydrogens (tertiary/aromatic N) is 1. The zero-order valence-electron chi connectivity index (χ0n) is 10.7. The number of piperidine rings is 1. The normalized spacial score (nSPS) is 16.9. The van der Waals surface area contributed by atoms with E-state index in [0.29, 0.717) is 0 Å². The van der Waals surface area contributed by atoms with Gasteiger partial charge in [-0.15, -0.1) is 0 Å². The third-order valence-electron chi connectivity index (χ3n) is 3.79. The van der Waals surface area contributed by atoms with Gasteiger partial charge >= 0.3 is 0 Å². The van der Waals surface area contributed by atoms with Crippen LogP contribution >= 0.6 is 15.9 Å². The Bertz CT molecular complexity index is 437. The molecule has 1 heterocycles. The molecule has 1 aromatic rings. The van der Waals surface area contributed by atoms with Crippen molar-refractivity contribution < 1.29 is 0 Å². The fraction of sp³-hybridized carbons (Fsp3) is 0.500. The smallest absolute Gasteiger partial charge is 0.122 e. The van der Waals surface area contributed by atoms with Crippen LogP contribution in [0.2, 0.25) is 0 Å². The molecule has 1 fully saturated rings. The number of nitrogens with one attached hydrogen (secondary N) is 1. The third-order valence-corrected chi connectivity index (χ3v) is 4.43. The van der Waals surface area contributed by atoms with Gasteiger partial charge in [0.25, 0.3) is 0 Å². The lowest BCUT2D eigenvalue weighted by Gasteiger charge is -2.34. The van der Waals surface area contributed by atoms with Gasteiger partial charge in [0.2, 0.25) is 0 Å². The summed E-state index contributed by atoms with van der Waals surface area (Å²) in [4.78, 5) is 2.42. The van der Waals surface area contributed by atoms with Crippen LogP contribution in [0.4, 0.5) is 5.69 Å². The SMILES string of the molecule is CCC1CCN(c2ccc(C(=N)N)cc2Br)CC1. The van der Waals surface area contributed by atoms with Crippen molar-refractivity contribution in [1.82, 2.24) is 0 Å². The van der Waals surface area contributed by atoms with Crippen molar-refractivity contribution in [2.45, 2.75) is 26.2 Å². The lowest BCUT2D eigenvalue weighted by Crippen LogP contribution is -2.33. The fourth-order valence-corrected chi connectivity index (χ4v) is 3.14. The molecule has 2 rings (SSSR count). The van der Waals surface area contributed by atoms with Gasteiger partial charge in [-0.25, -0.2) is 0 Å². The predicted octanol–water partition coefficient (Wildman–Crippen LogP) is 3.36. The molecule has 1 aromatic carbocycles. The van der Waals surface area contributed by atoms with Gasteiger partial charge in [-0.1, -0.05) is 13.3 Å².